The molecule has 1 aromatic rings. The lowest BCUT2D eigenvalue weighted by atomic mass is 10.0. The van der Waals surface area contributed by atoms with Crippen LogP contribution in [0.5, 0.6) is 5.75 Å². The molecule has 0 radical (unpaired) electrons. The summed E-state index contributed by atoms with van der Waals surface area (Å²) in [6, 6.07) is 4.50. The molecule has 3 heteroatoms. The van der Waals surface area contributed by atoms with E-state index in [9.17, 15) is 0 Å². The molecule has 0 aromatic heterocycles. The highest BCUT2D eigenvalue weighted by Gasteiger charge is 2.11. The van der Waals surface area contributed by atoms with Crippen molar-refractivity contribution in [3.05, 3.63) is 28.8 Å². The highest BCUT2D eigenvalue weighted by molar-refractivity contribution is 5.43. The van der Waals surface area contributed by atoms with E-state index >= 15 is 0 Å². The number of hydrogen-bond donors (Lipinski definition) is 1. The van der Waals surface area contributed by atoms with E-state index in [1.807, 2.05) is 0 Å². The Bertz CT molecular complexity index is 425. The molecule has 112 valence electrons. The number of nitrogens with one attached hydrogen (secondary N) is 1. The minimum absolute atomic E-state index is 0.745. The van der Waals surface area contributed by atoms with Crippen LogP contribution < -0.4 is 10.1 Å². The number of benzene rings is 1. The lowest BCUT2D eigenvalue weighted by Gasteiger charge is -2.27. The first kappa shape index (κ1) is 15.3. The molecular formula is C17H28N2O. The van der Waals surface area contributed by atoms with Crippen LogP contribution in [-0.4, -0.2) is 44.2 Å². The van der Waals surface area contributed by atoms with Crippen LogP contribution in [0.3, 0.4) is 0 Å². The van der Waals surface area contributed by atoms with Gasteiger partial charge in [0.1, 0.15) is 5.75 Å². The first-order valence-electron chi connectivity index (χ1n) is 7.86. The monoisotopic (exact) mass is 276 g/mol. The molecule has 0 aliphatic carbocycles. The van der Waals surface area contributed by atoms with Gasteiger partial charge in [-0.15, -0.1) is 0 Å². The summed E-state index contributed by atoms with van der Waals surface area (Å²) in [6.45, 7) is 13.0. The van der Waals surface area contributed by atoms with Crippen LogP contribution in [0.15, 0.2) is 12.1 Å². The van der Waals surface area contributed by atoms with Gasteiger partial charge in [-0.25, -0.2) is 0 Å². The minimum atomic E-state index is 0.745. The summed E-state index contributed by atoms with van der Waals surface area (Å²) in [4.78, 5) is 2.56. The van der Waals surface area contributed by atoms with Gasteiger partial charge in [-0.05, 0) is 51.3 Å². The number of nitrogens with zero attached hydrogens (tertiary/aromatic N) is 1. The SMILES string of the molecule is CCOc1c(C)cc(C)cc1CCCN1CCNCC1. The zero-order chi connectivity index (χ0) is 14.4. The summed E-state index contributed by atoms with van der Waals surface area (Å²) in [5.74, 6) is 1.11. The summed E-state index contributed by atoms with van der Waals surface area (Å²) < 4.78 is 5.84. The third-order valence-electron chi connectivity index (χ3n) is 3.91. The van der Waals surface area contributed by atoms with E-state index in [2.05, 4.69) is 43.1 Å². The molecule has 1 saturated heterocycles. The normalized spacial score (nSPS) is 16.4. The van der Waals surface area contributed by atoms with Gasteiger partial charge in [0.2, 0.25) is 0 Å². The van der Waals surface area contributed by atoms with Crippen LogP contribution in [0, 0.1) is 13.8 Å². The zero-order valence-electron chi connectivity index (χ0n) is 13.2. The maximum atomic E-state index is 5.84. The molecule has 0 amide bonds. The Morgan fingerprint density at radius 2 is 1.95 bits per heavy atom. The quantitative estimate of drug-likeness (QED) is 0.864. The Morgan fingerprint density at radius 1 is 1.20 bits per heavy atom. The van der Waals surface area contributed by atoms with Crippen LogP contribution >= 0.6 is 0 Å². The molecule has 3 nitrogen and oxygen atoms in total. The van der Waals surface area contributed by atoms with Gasteiger partial charge in [0.25, 0.3) is 0 Å². The molecule has 1 N–H and O–H groups in total. The summed E-state index contributed by atoms with van der Waals surface area (Å²) in [6.07, 6.45) is 2.32. The van der Waals surface area contributed by atoms with Gasteiger partial charge in [0.15, 0.2) is 0 Å². The molecule has 1 aromatic carbocycles. The van der Waals surface area contributed by atoms with E-state index in [0.717, 1.165) is 31.9 Å². The largest absolute Gasteiger partial charge is 0.493 e. The van der Waals surface area contributed by atoms with E-state index in [1.165, 1.54) is 42.7 Å². The second-order valence-corrected chi connectivity index (χ2v) is 5.70. The van der Waals surface area contributed by atoms with Crippen molar-refractivity contribution in [2.45, 2.75) is 33.6 Å². The average molecular weight is 276 g/mol. The standard InChI is InChI=1S/C17H28N2O/c1-4-20-17-15(3)12-14(2)13-16(17)6-5-9-19-10-7-18-8-11-19/h12-13,18H,4-11H2,1-3H3. The Morgan fingerprint density at radius 3 is 2.65 bits per heavy atom. The van der Waals surface area contributed by atoms with E-state index < -0.39 is 0 Å². The lowest BCUT2D eigenvalue weighted by molar-refractivity contribution is 0.238. The first-order chi connectivity index (χ1) is 9.70. The predicted octanol–water partition coefficient (Wildman–Crippen LogP) is 2.54. The van der Waals surface area contributed by atoms with Gasteiger partial charge in [0.05, 0.1) is 6.61 Å². The highest BCUT2D eigenvalue weighted by atomic mass is 16.5. The smallest absolute Gasteiger partial charge is 0.125 e. The molecular weight excluding hydrogens is 248 g/mol. The molecule has 0 atom stereocenters. The second kappa shape index (κ2) is 7.65. The van der Waals surface area contributed by atoms with Crippen molar-refractivity contribution in [2.75, 3.05) is 39.3 Å². The molecule has 0 unspecified atom stereocenters. The Labute approximate surface area is 123 Å². The van der Waals surface area contributed by atoms with Crippen LogP contribution in [0.2, 0.25) is 0 Å². The summed E-state index contributed by atoms with van der Waals surface area (Å²) in [5, 5.41) is 3.40. The molecule has 0 saturated carbocycles. The average Bonchev–Trinajstić information content (AvgIpc) is 2.43. The predicted molar refractivity (Wildman–Crippen MR) is 84.7 cm³/mol. The van der Waals surface area contributed by atoms with Crippen molar-refractivity contribution < 1.29 is 4.74 Å². The number of hydrogen-bond acceptors (Lipinski definition) is 3. The van der Waals surface area contributed by atoms with Crippen LogP contribution in [0.25, 0.3) is 0 Å². The van der Waals surface area contributed by atoms with Gasteiger partial charge < -0.3 is 15.0 Å². The number of aryl methyl sites for hydroxylation is 3. The lowest BCUT2D eigenvalue weighted by Crippen LogP contribution is -2.43. The second-order valence-electron chi connectivity index (χ2n) is 5.70. The van der Waals surface area contributed by atoms with Crippen molar-refractivity contribution in [1.29, 1.82) is 0 Å². The highest BCUT2D eigenvalue weighted by Crippen LogP contribution is 2.26. The molecule has 20 heavy (non-hydrogen) atoms. The Hall–Kier alpha value is -1.06. The van der Waals surface area contributed by atoms with Crippen LogP contribution in [0.1, 0.15) is 30.0 Å². The Balaban J connectivity index is 1.93. The van der Waals surface area contributed by atoms with Crippen molar-refractivity contribution in [2.24, 2.45) is 0 Å². The molecule has 1 heterocycles. The van der Waals surface area contributed by atoms with Gasteiger partial charge in [-0.2, -0.15) is 0 Å². The topological polar surface area (TPSA) is 24.5 Å². The Kier molecular flexibility index (Phi) is 5.86. The van der Waals surface area contributed by atoms with Crippen LogP contribution in [-0.2, 0) is 6.42 Å². The van der Waals surface area contributed by atoms with E-state index in [4.69, 9.17) is 4.74 Å². The number of ether oxygens (including phenoxy) is 1. The number of rotatable bonds is 6. The van der Waals surface area contributed by atoms with Gasteiger partial charge >= 0.3 is 0 Å². The molecule has 1 aliphatic rings. The van der Waals surface area contributed by atoms with Crippen LogP contribution in [0.4, 0.5) is 0 Å². The number of piperazine rings is 1. The van der Waals surface area contributed by atoms with E-state index in [0.29, 0.717) is 0 Å². The fourth-order valence-electron chi connectivity index (χ4n) is 3.01. The molecule has 1 fully saturated rings. The van der Waals surface area contributed by atoms with Crippen molar-refractivity contribution in [1.82, 2.24) is 10.2 Å². The first-order valence-corrected chi connectivity index (χ1v) is 7.86. The summed E-state index contributed by atoms with van der Waals surface area (Å²) in [7, 11) is 0. The maximum absolute atomic E-state index is 5.84. The van der Waals surface area contributed by atoms with Gasteiger partial charge in [0, 0.05) is 26.2 Å². The summed E-state index contributed by atoms with van der Waals surface area (Å²) >= 11 is 0. The minimum Gasteiger partial charge on any atom is -0.493 e. The molecule has 1 aliphatic heterocycles. The van der Waals surface area contributed by atoms with Crippen molar-refractivity contribution in [3.63, 3.8) is 0 Å². The van der Waals surface area contributed by atoms with E-state index in [1.54, 1.807) is 0 Å². The molecule has 2 rings (SSSR count). The third-order valence-corrected chi connectivity index (χ3v) is 3.91. The van der Waals surface area contributed by atoms with Gasteiger partial charge in [-0.3, -0.25) is 0 Å². The zero-order valence-corrected chi connectivity index (χ0v) is 13.2. The maximum Gasteiger partial charge on any atom is 0.125 e. The third kappa shape index (κ3) is 4.22. The molecule has 0 bridgehead atoms. The van der Waals surface area contributed by atoms with Crippen molar-refractivity contribution >= 4 is 0 Å². The summed E-state index contributed by atoms with van der Waals surface area (Å²) in [5.41, 5.74) is 3.98. The fraction of sp³-hybridized carbons (Fsp3) is 0.647. The fourth-order valence-corrected chi connectivity index (χ4v) is 3.01. The van der Waals surface area contributed by atoms with Gasteiger partial charge in [-0.1, -0.05) is 17.7 Å². The molecule has 0 spiro atoms. The van der Waals surface area contributed by atoms with E-state index in [-0.39, 0.29) is 0 Å². The van der Waals surface area contributed by atoms with Crippen molar-refractivity contribution in [3.8, 4) is 5.75 Å².